The molecule has 3 heterocycles. The van der Waals surface area contributed by atoms with E-state index in [1.807, 2.05) is 18.5 Å². The number of carbonyl (C=O) groups excluding carboxylic acids is 1. The fourth-order valence-corrected chi connectivity index (χ4v) is 4.30. The van der Waals surface area contributed by atoms with Crippen molar-refractivity contribution in [3.05, 3.63) is 52.8 Å². The molecule has 1 aliphatic heterocycles. The molecule has 0 radical (unpaired) electrons. The van der Waals surface area contributed by atoms with E-state index in [1.54, 1.807) is 12.4 Å². The summed E-state index contributed by atoms with van der Waals surface area (Å²) in [6, 6.07) is 6.45. The van der Waals surface area contributed by atoms with Crippen LogP contribution >= 0.6 is 0 Å². The van der Waals surface area contributed by atoms with Gasteiger partial charge in [0.25, 0.3) is 5.91 Å². The number of fused-ring (bicyclic) bond motifs is 1. The van der Waals surface area contributed by atoms with E-state index in [1.165, 1.54) is 11.1 Å². The molecule has 7 nitrogen and oxygen atoms in total. The van der Waals surface area contributed by atoms with Crippen LogP contribution in [0.4, 0.5) is 5.69 Å². The Morgan fingerprint density at radius 2 is 2.03 bits per heavy atom. The van der Waals surface area contributed by atoms with E-state index in [0.717, 1.165) is 54.9 Å². The molecule has 0 spiro atoms. The maximum absolute atomic E-state index is 13.3. The highest BCUT2D eigenvalue weighted by atomic mass is 16.5. The van der Waals surface area contributed by atoms with Crippen molar-refractivity contribution in [3.63, 3.8) is 0 Å². The molecule has 3 aromatic rings. The number of benzene rings is 1. The fourth-order valence-electron chi connectivity index (χ4n) is 4.30. The number of aryl methyl sites for hydroxylation is 3. The zero-order valence-electron chi connectivity index (χ0n) is 18.7. The first kappa shape index (κ1) is 21.3. The molecule has 4 rings (SSSR count). The summed E-state index contributed by atoms with van der Waals surface area (Å²) < 4.78 is 7.35. The van der Waals surface area contributed by atoms with Gasteiger partial charge in [-0.3, -0.25) is 4.79 Å². The summed E-state index contributed by atoms with van der Waals surface area (Å²) in [5.41, 5.74) is 5.64. The molecule has 1 amide bonds. The van der Waals surface area contributed by atoms with Crippen molar-refractivity contribution < 1.29 is 9.53 Å². The Hall–Kier alpha value is -2.93. The predicted molar refractivity (Wildman–Crippen MR) is 122 cm³/mol. The van der Waals surface area contributed by atoms with Crippen LogP contribution in [-0.4, -0.2) is 39.9 Å². The van der Waals surface area contributed by atoms with Crippen LogP contribution in [0.1, 0.15) is 59.8 Å². The molecule has 2 N–H and O–H groups in total. The van der Waals surface area contributed by atoms with Gasteiger partial charge in [-0.05, 0) is 51.7 Å². The van der Waals surface area contributed by atoms with Gasteiger partial charge in [0.1, 0.15) is 0 Å². The first-order chi connectivity index (χ1) is 15.0. The minimum absolute atomic E-state index is 0.113. The van der Waals surface area contributed by atoms with E-state index in [-0.39, 0.29) is 18.0 Å². The molecule has 1 saturated heterocycles. The highest BCUT2D eigenvalue weighted by Crippen LogP contribution is 2.29. The molecule has 1 aliphatic rings. The van der Waals surface area contributed by atoms with Crippen LogP contribution in [0.5, 0.6) is 0 Å². The van der Waals surface area contributed by atoms with Gasteiger partial charge in [-0.1, -0.05) is 23.8 Å². The van der Waals surface area contributed by atoms with Gasteiger partial charge in [-0.15, -0.1) is 0 Å². The third-order valence-corrected chi connectivity index (χ3v) is 6.02. The van der Waals surface area contributed by atoms with Crippen LogP contribution in [0.3, 0.4) is 0 Å². The molecular weight excluding hydrogens is 390 g/mol. The van der Waals surface area contributed by atoms with E-state index < -0.39 is 0 Å². The van der Waals surface area contributed by atoms with E-state index in [0.29, 0.717) is 5.56 Å². The molecule has 31 heavy (non-hydrogen) atoms. The van der Waals surface area contributed by atoms with Crippen LogP contribution in [-0.2, 0) is 11.3 Å². The number of anilines is 1. The SMILES string of the molecule is CCn1ncc2c(NC3CCOCC3)c(C(=O)NC(C)c3ccc(C)cc3C)cnc21. The molecule has 1 unspecified atom stereocenters. The minimum atomic E-state index is -0.138. The Labute approximate surface area is 183 Å². The molecule has 1 atom stereocenters. The average molecular weight is 422 g/mol. The normalized spacial score (nSPS) is 15.7. The number of nitrogens with zero attached hydrogens (tertiary/aromatic N) is 3. The predicted octanol–water partition coefficient (Wildman–Crippen LogP) is 4.15. The minimum Gasteiger partial charge on any atom is -0.381 e. The summed E-state index contributed by atoms with van der Waals surface area (Å²) in [7, 11) is 0. The summed E-state index contributed by atoms with van der Waals surface area (Å²) in [5.74, 6) is -0.138. The third kappa shape index (κ3) is 4.42. The number of hydrogen-bond acceptors (Lipinski definition) is 5. The zero-order valence-corrected chi connectivity index (χ0v) is 18.7. The zero-order chi connectivity index (χ0) is 22.0. The smallest absolute Gasteiger partial charge is 0.255 e. The molecule has 0 bridgehead atoms. The average Bonchev–Trinajstić information content (AvgIpc) is 3.18. The molecule has 1 fully saturated rings. The third-order valence-electron chi connectivity index (χ3n) is 6.02. The van der Waals surface area contributed by atoms with Gasteiger partial charge in [0.05, 0.1) is 28.9 Å². The van der Waals surface area contributed by atoms with Crippen molar-refractivity contribution in [2.24, 2.45) is 0 Å². The summed E-state index contributed by atoms with van der Waals surface area (Å²) >= 11 is 0. The summed E-state index contributed by atoms with van der Waals surface area (Å²) in [6.07, 6.45) is 5.29. The number of nitrogens with one attached hydrogen (secondary N) is 2. The molecule has 1 aromatic carbocycles. The van der Waals surface area contributed by atoms with Crippen LogP contribution in [0.2, 0.25) is 0 Å². The van der Waals surface area contributed by atoms with Crippen LogP contribution in [0.25, 0.3) is 11.0 Å². The Balaban J connectivity index is 1.66. The first-order valence-corrected chi connectivity index (χ1v) is 11.0. The summed E-state index contributed by atoms with van der Waals surface area (Å²) in [4.78, 5) is 17.9. The Morgan fingerprint density at radius 1 is 1.26 bits per heavy atom. The molecule has 0 saturated carbocycles. The standard InChI is InChI=1S/C24H31N5O2/c1-5-29-23-20(14-26-29)22(28-18-8-10-31-11-9-18)21(13-25-23)24(30)27-17(4)19-7-6-15(2)12-16(19)3/h6-7,12-14,17-18H,5,8-11H2,1-4H3,(H,25,28)(H,27,30). The van der Waals surface area contributed by atoms with Crippen molar-refractivity contribution >= 4 is 22.6 Å². The molecular formula is C24H31N5O2. The number of amides is 1. The molecule has 0 aliphatic carbocycles. The lowest BCUT2D eigenvalue weighted by molar-refractivity contribution is 0.0903. The molecule has 7 heteroatoms. The monoisotopic (exact) mass is 421 g/mol. The number of hydrogen-bond donors (Lipinski definition) is 2. The van der Waals surface area contributed by atoms with Gasteiger partial charge >= 0.3 is 0 Å². The lowest BCUT2D eigenvalue weighted by Gasteiger charge is -2.26. The number of carbonyl (C=O) groups is 1. The highest BCUT2D eigenvalue weighted by molar-refractivity contribution is 6.06. The number of aromatic nitrogens is 3. The van der Waals surface area contributed by atoms with Crippen LogP contribution in [0, 0.1) is 13.8 Å². The van der Waals surface area contributed by atoms with Gasteiger partial charge in [0, 0.05) is 32.0 Å². The van der Waals surface area contributed by atoms with Crippen LogP contribution in [0.15, 0.2) is 30.6 Å². The number of rotatable bonds is 6. The highest BCUT2D eigenvalue weighted by Gasteiger charge is 2.23. The molecule has 164 valence electrons. The second-order valence-electron chi connectivity index (χ2n) is 8.33. The second kappa shape index (κ2) is 9.06. The second-order valence-corrected chi connectivity index (χ2v) is 8.33. The van der Waals surface area contributed by atoms with Gasteiger partial charge < -0.3 is 15.4 Å². The summed E-state index contributed by atoms with van der Waals surface area (Å²) in [6.45, 7) is 10.4. The lowest BCUT2D eigenvalue weighted by Crippen LogP contribution is -2.31. The molecule has 2 aromatic heterocycles. The van der Waals surface area contributed by atoms with Gasteiger partial charge in [0.15, 0.2) is 5.65 Å². The van der Waals surface area contributed by atoms with E-state index in [4.69, 9.17) is 4.74 Å². The maximum Gasteiger partial charge on any atom is 0.255 e. The Morgan fingerprint density at radius 3 is 2.74 bits per heavy atom. The topological polar surface area (TPSA) is 81.1 Å². The largest absolute Gasteiger partial charge is 0.381 e. The quantitative estimate of drug-likeness (QED) is 0.625. The van der Waals surface area contributed by atoms with Crippen molar-refractivity contribution in [2.45, 2.75) is 59.2 Å². The van der Waals surface area contributed by atoms with Crippen molar-refractivity contribution in [1.82, 2.24) is 20.1 Å². The van der Waals surface area contributed by atoms with E-state index in [9.17, 15) is 4.79 Å². The van der Waals surface area contributed by atoms with Crippen molar-refractivity contribution in [3.8, 4) is 0 Å². The van der Waals surface area contributed by atoms with Gasteiger partial charge in [-0.25, -0.2) is 9.67 Å². The summed E-state index contributed by atoms with van der Waals surface area (Å²) in [5, 5.41) is 12.1. The van der Waals surface area contributed by atoms with Gasteiger partial charge in [0.2, 0.25) is 0 Å². The Kier molecular flexibility index (Phi) is 6.23. The lowest BCUT2D eigenvalue weighted by atomic mass is 10.00. The van der Waals surface area contributed by atoms with E-state index >= 15 is 0 Å². The number of pyridine rings is 1. The van der Waals surface area contributed by atoms with Crippen molar-refractivity contribution in [1.29, 1.82) is 0 Å². The van der Waals surface area contributed by atoms with Crippen LogP contribution < -0.4 is 10.6 Å². The fraction of sp³-hybridized carbons (Fsp3) is 0.458. The van der Waals surface area contributed by atoms with E-state index in [2.05, 4.69) is 52.8 Å². The number of ether oxygens (including phenoxy) is 1. The maximum atomic E-state index is 13.3. The Bertz CT molecular complexity index is 1090. The van der Waals surface area contributed by atoms with Crippen molar-refractivity contribution in [2.75, 3.05) is 18.5 Å². The first-order valence-electron chi connectivity index (χ1n) is 11.0. The van der Waals surface area contributed by atoms with Gasteiger partial charge in [-0.2, -0.15) is 5.10 Å².